The van der Waals surface area contributed by atoms with Crippen LogP contribution < -0.4 is 15.9 Å². The van der Waals surface area contributed by atoms with Crippen LogP contribution in [0.15, 0.2) is 138 Å². The number of nitrogens with zero attached hydrogens (tertiary/aromatic N) is 1. The molecule has 2 aromatic carbocycles. The highest BCUT2D eigenvalue weighted by Gasteiger charge is 2.45. The highest BCUT2D eigenvalue weighted by molar-refractivity contribution is 6.63. The van der Waals surface area contributed by atoms with Crippen molar-refractivity contribution in [1.29, 1.82) is 0 Å². The smallest absolute Gasteiger partial charge is 0.243 e. The quantitative estimate of drug-likeness (QED) is 0.0833. The molecular formula is C59H80BN2O. The van der Waals surface area contributed by atoms with Crippen molar-refractivity contribution >= 4 is 35.6 Å². The third kappa shape index (κ3) is 11.6. The molecule has 1 heterocycles. The van der Waals surface area contributed by atoms with Crippen molar-refractivity contribution in [1.82, 2.24) is 5.32 Å². The fourth-order valence-corrected chi connectivity index (χ4v) is 9.99. The molecule has 3 aliphatic rings. The fourth-order valence-electron chi connectivity index (χ4n) is 9.99. The van der Waals surface area contributed by atoms with Gasteiger partial charge in [0, 0.05) is 17.3 Å². The largest absolute Gasteiger partial charge is 0.469 e. The molecular weight excluding hydrogens is 763 g/mol. The molecule has 1 N–H and O–H groups in total. The normalized spacial score (nSPS) is 25.3. The third-order valence-electron chi connectivity index (χ3n) is 14.5. The summed E-state index contributed by atoms with van der Waals surface area (Å²) in [5, 5.41) is 4.54. The number of anilines is 1. The van der Waals surface area contributed by atoms with Crippen LogP contribution in [0.3, 0.4) is 0 Å². The van der Waals surface area contributed by atoms with Gasteiger partial charge in [-0.3, -0.25) is 0 Å². The van der Waals surface area contributed by atoms with Gasteiger partial charge in [-0.25, -0.2) is 0 Å². The summed E-state index contributed by atoms with van der Waals surface area (Å²) in [7, 11) is 2.09. The number of rotatable bonds is 17. The molecule has 0 bridgehead atoms. The second kappa shape index (κ2) is 20.2. The van der Waals surface area contributed by atoms with Crippen LogP contribution in [0.5, 0.6) is 0 Å². The van der Waals surface area contributed by atoms with Crippen LogP contribution >= 0.6 is 0 Å². The lowest BCUT2D eigenvalue weighted by atomic mass is 9.54. The van der Waals surface area contributed by atoms with Crippen molar-refractivity contribution in [3.8, 4) is 0 Å². The predicted molar refractivity (Wildman–Crippen MR) is 277 cm³/mol. The lowest BCUT2D eigenvalue weighted by molar-refractivity contribution is 0.0345. The van der Waals surface area contributed by atoms with E-state index in [1.165, 1.54) is 36.1 Å². The zero-order valence-electron chi connectivity index (χ0n) is 46.8. The van der Waals surface area contributed by atoms with Gasteiger partial charge in [-0.15, -0.1) is 6.58 Å². The molecule has 3 aliphatic carbocycles. The Labute approximate surface area is 393 Å². The Morgan fingerprint density at radius 2 is 1.68 bits per heavy atom. The summed E-state index contributed by atoms with van der Waals surface area (Å²) in [6, 6.07) is 5.34. The van der Waals surface area contributed by atoms with Crippen molar-refractivity contribution in [2.75, 3.05) is 4.90 Å². The zero-order chi connectivity index (χ0) is 50.8. The second-order valence-corrected chi connectivity index (χ2v) is 21.8. The second-order valence-electron chi connectivity index (χ2n) is 21.8. The lowest BCUT2D eigenvalue weighted by Gasteiger charge is -2.50. The average Bonchev–Trinajstić information content (AvgIpc) is 3.64. The van der Waals surface area contributed by atoms with Crippen LogP contribution in [0, 0.1) is 34.5 Å². The number of hydrogen-bond acceptors (Lipinski definition) is 3. The summed E-state index contributed by atoms with van der Waals surface area (Å²) in [6.45, 7) is 31.9. The minimum absolute atomic E-state index is 0.0370. The van der Waals surface area contributed by atoms with E-state index in [0.29, 0.717) is 35.8 Å². The van der Waals surface area contributed by atoms with Crippen LogP contribution in [0.4, 0.5) is 5.69 Å². The molecule has 0 spiro atoms. The molecule has 4 atom stereocenters. The summed E-state index contributed by atoms with van der Waals surface area (Å²) < 4.78 is 59.8. The molecule has 6 rings (SSSR count). The maximum absolute atomic E-state index is 9.54. The minimum Gasteiger partial charge on any atom is -0.469 e. The maximum Gasteiger partial charge on any atom is 0.243 e. The first-order valence-corrected chi connectivity index (χ1v) is 23.8. The van der Waals surface area contributed by atoms with Gasteiger partial charge in [0.1, 0.15) is 5.58 Å². The molecule has 1 saturated carbocycles. The van der Waals surface area contributed by atoms with Gasteiger partial charge >= 0.3 is 0 Å². The van der Waals surface area contributed by atoms with Crippen LogP contribution in [-0.4, -0.2) is 13.3 Å². The number of nitrogens with one attached hydrogen (secondary N) is 1. The Hall–Kier alpha value is -4.44. The maximum atomic E-state index is 9.54. The summed E-state index contributed by atoms with van der Waals surface area (Å²) in [6.07, 6.45) is 29.4. The standard InChI is InChI=1S/C59H80BN2O/c1-14-45(27-21-23-43(5)31-30-42(3)4)60-55-54(48-40-51-52(41-53(48)63-55)59(12,13)36-35-58(51,10)11)62(38-20-19-26-44-24-17-16-18-25-44)47-29-22-28-46(39-47)61-37-32-50-49(15-2)56(6,7)33-34-57(50,8)9/h14-22,24-28,32,37-43,47,49-50,61H,2,23,29-31,33-36H2,1,3-13H3/b26-19-,27-21-,37-32+,38-20+,45-14+/i16D,17D,19D,20D,25D,26D. The van der Waals surface area contributed by atoms with Gasteiger partial charge in [-0.05, 0) is 144 Å². The molecule has 1 fully saturated rings. The van der Waals surface area contributed by atoms with Gasteiger partial charge in [0.05, 0.1) is 25.6 Å². The van der Waals surface area contributed by atoms with E-state index in [-0.39, 0.29) is 69.5 Å². The SMILES string of the molecule is [2H]C(=C(\[2H])c1cc([2H])c([2H])cc1[2H])/C([2H])=C/N(c1c([B]C(/C=C\CC(C)CCC(C)C)=C/C)oc2cc3c(cc12)C(C)(C)CCC3(C)C)C1C=C(N/C=C/C2C(C=C)C(C)(C)CCC2(C)C)C=CC1. The minimum atomic E-state index is -0.390. The summed E-state index contributed by atoms with van der Waals surface area (Å²) in [5.74, 6) is 1.85. The molecule has 1 aromatic heterocycles. The van der Waals surface area contributed by atoms with Crippen molar-refractivity contribution in [2.45, 2.75) is 151 Å². The Morgan fingerprint density at radius 3 is 2.38 bits per heavy atom. The summed E-state index contributed by atoms with van der Waals surface area (Å²) >= 11 is 0. The van der Waals surface area contributed by atoms with E-state index in [9.17, 15) is 2.74 Å². The molecule has 3 nitrogen and oxygen atoms in total. The van der Waals surface area contributed by atoms with Gasteiger partial charge in [-0.1, -0.05) is 173 Å². The third-order valence-corrected chi connectivity index (χ3v) is 14.5. The van der Waals surface area contributed by atoms with E-state index < -0.39 is 0 Å². The average molecular weight is 850 g/mol. The van der Waals surface area contributed by atoms with Gasteiger partial charge in [-0.2, -0.15) is 0 Å². The number of fused-ring (bicyclic) bond motifs is 2. The van der Waals surface area contributed by atoms with Crippen LogP contribution in [-0.2, 0) is 10.8 Å². The van der Waals surface area contributed by atoms with Gasteiger partial charge in [0.2, 0.25) is 7.28 Å². The van der Waals surface area contributed by atoms with Crippen molar-refractivity contribution in [3.63, 3.8) is 0 Å². The van der Waals surface area contributed by atoms with E-state index in [2.05, 4.69) is 167 Å². The molecule has 1 radical (unpaired) electrons. The molecule has 0 amide bonds. The Morgan fingerprint density at radius 1 is 0.968 bits per heavy atom. The Balaban J connectivity index is 1.53. The van der Waals surface area contributed by atoms with Gasteiger partial charge in [0.15, 0.2) is 0 Å². The van der Waals surface area contributed by atoms with Gasteiger partial charge < -0.3 is 14.6 Å². The monoisotopic (exact) mass is 850 g/mol. The van der Waals surface area contributed by atoms with E-state index in [1.54, 1.807) is 6.20 Å². The van der Waals surface area contributed by atoms with E-state index >= 15 is 0 Å². The number of benzene rings is 2. The van der Waals surface area contributed by atoms with Crippen LogP contribution in [0.2, 0.25) is 0 Å². The lowest BCUT2D eigenvalue weighted by Crippen LogP contribution is -2.42. The fraction of sp³-hybridized carbons (Fsp3) is 0.492. The van der Waals surface area contributed by atoms with Crippen molar-refractivity contribution in [2.24, 2.45) is 34.5 Å². The van der Waals surface area contributed by atoms with Gasteiger partial charge in [0.25, 0.3) is 0 Å². The first-order valence-electron chi connectivity index (χ1n) is 26.8. The van der Waals surface area contributed by atoms with E-state index in [0.717, 1.165) is 59.9 Å². The Bertz CT molecular complexity index is 2600. The topological polar surface area (TPSA) is 28.4 Å². The van der Waals surface area contributed by atoms with Crippen LogP contribution in [0.1, 0.15) is 159 Å². The first kappa shape index (κ1) is 40.1. The van der Waals surface area contributed by atoms with Crippen molar-refractivity contribution < 1.29 is 12.6 Å². The Kier molecular flexibility index (Phi) is 12.8. The molecule has 3 aromatic rings. The molecule has 0 saturated heterocycles. The molecule has 4 heteroatoms. The molecule has 63 heavy (non-hydrogen) atoms. The number of allylic oxidation sites excluding steroid dienone is 9. The molecule has 4 unspecified atom stereocenters. The van der Waals surface area contributed by atoms with Crippen molar-refractivity contribution in [3.05, 3.63) is 150 Å². The zero-order valence-corrected chi connectivity index (χ0v) is 40.8. The highest BCUT2D eigenvalue weighted by Crippen LogP contribution is 2.53. The summed E-state index contributed by atoms with van der Waals surface area (Å²) in [4.78, 5) is 2.06. The first-order chi connectivity index (χ1) is 32.3. The number of furan rings is 1. The van der Waals surface area contributed by atoms with Crippen LogP contribution in [0.25, 0.3) is 17.0 Å². The highest BCUT2D eigenvalue weighted by atomic mass is 16.3. The molecule has 335 valence electrons. The summed E-state index contributed by atoms with van der Waals surface area (Å²) in [5.41, 5.74) is 6.73. The molecule has 0 aliphatic heterocycles. The predicted octanol–water partition coefficient (Wildman–Crippen LogP) is 15.6. The number of hydrogen-bond donors (Lipinski definition) is 1. The van der Waals surface area contributed by atoms with E-state index in [1.807, 2.05) is 6.92 Å². The van der Waals surface area contributed by atoms with E-state index in [4.69, 9.17) is 9.90 Å².